The number of fused-ring (bicyclic) bond motifs is 1. The van der Waals surface area contributed by atoms with Gasteiger partial charge in [-0.15, -0.1) is 0 Å². The van der Waals surface area contributed by atoms with Crippen LogP contribution in [-0.4, -0.2) is 63.5 Å². The number of carboxylic acid groups (broad SMARTS) is 1. The van der Waals surface area contributed by atoms with Gasteiger partial charge in [0.15, 0.2) is 5.65 Å². The number of hydrogen-bond donors (Lipinski definition) is 2. The van der Waals surface area contributed by atoms with Gasteiger partial charge >= 0.3 is 6.09 Å². The maximum Gasteiger partial charge on any atom is 0.407 e. The van der Waals surface area contributed by atoms with Crippen molar-refractivity contribution in [2.45, 2.75) is 23.8 Å². The van der Waals surface area contributed by atoms with Crippen LogP contribution in [0.25, 0.3) is 16.7 Å². The van der Waals surface area contributed by atoms with E-state index in [9.17, 15) is 17.6 Å². The van der Waals surface area contributed by atoms with Crippen molar-refractivity contribution in [3.63, 3.8) is 0 Å². The van der Waals surface area contributed by atoms with Crippen molar-refractivity contribution in [2.75, 3.05) is 13.1 Å². The lowest BCUT2D eigenvalue weighted by Crippen LogP contribution is -2.41. The minimum atomic E-state index is -4.04. The summed E-state index contributed by atoms with van der Waals surface area (Å²) in [5, 5.41) is 18.6. The summed E-state index contributed by atoms with van der Waals surface area (Å²) in [5.74, 6) is -0.588. The average molecular weight is 436 g/mol. The molecule has 3 aromatic rings. The first-order chi connectivity index (χ1) is 14.2. The number of amides is 1. The summed E-state index contributed by atoms with van der Waals surface area (Å²) in [7, 11) is -4.04. The molecule has 1 aliphatic rings. The quantitative estimate of drug-likeness (QED) is 0.617. The summed E-state index contributed by atoms with van der Waals surface area (Å²) in [6.45, 7) is 0.712. The van der Waals surface area contributed by atoms with E-state index in [4.69, 9.17) is 15.0 Å². The van der Waals surface area contributed by atoms with Crippen molar-refractivity contribution in [3.8, 4) is 11.6 Å². The van der Waals surface area contributed by atoms with E-state index in [2.05, 4.69) is 15.1 Å². The van der Waals surface area contributed by atoms with Crippen LogP contribution in [0.5, 0.6) is 5.88 Å². The predicted molar refractivity (Wildman–Crippen MR) is 101 cm³/mol. The van der Waals surface area contributed by atoms with E-state index in [0.29, 0.717) is 31.3 Å². The van der Waals surface area contributed by atoms with Gasteiger partial charge in [0.25, 0.3) is 0 Å². The minimum absolute atomic E-state index is 0.0168. The molecule has 2 aromatic heterocycles. The van der Waals surface area contributed by atoms with E-state index in [1.165, 1.54) is 34.2 Å². The standard InChI is InChI=1S/C17H17FN6O5S/c18-13-7-11(30(19,27)28)1-2-14(13)24-15-12(8-22-24)16(21-9-20-15)29-10-3-5-23(6-4-10)17(25)26/h1-2,7-10H,3-6H2,(H,25,26)(H2,19,27,28). The Hall–Kier alpha value is -3.32. The number of halogens is 1. The van der Waals surface area contributed by atoms with Crippen molar-refractivity contribution in [3.05, 3.63) is 36.5 Å². The molecule has 3 heterocycles. The predicted octanol–water partition coefficient (Wildman–Crippen LogP) is 1.12. The van der Waals surface area contributed by atoms with Gasteiger partial charge in [-0.2, -0.15) is 5.10 Å². The molecule has 0 aliphatic carbocycles. The second-order valence-corrected chi connectivity index (χ2v) is 8.28. The Balaban J connectivity index is 1.62. The number of carbonyl (C=O) groups is 1. The molecule has 0 radical (unpaired) electrons. The fraction of sp³-hybridized carbons (Fsp3) is 0.294. The number of nitrogens with two attached hydrogens (primary N) is 1. The summed E-state index contributed by atoms with van der Waals surface area (Å²) in [4.78, 5) is 20.2. The fourth-order valence-corrected chi connectivity index (χ4v) is 3.78. The lowest BCUT2D eigenvalue weighted by molar-refractivity contribution is 0.0879. The third-order valence-electron chi connectivity index (χ3n) is 4.80. The first-order valence-corrected chi connectivity index (χ1v) is 10.4. The maximum atomic E-state index is 14.5. The van der Waals surface area contributed by atoms with Gasteiger partial charge < -0.3 is 14.7 Å². The molecule has 0 unspecified atom stereocenters. The van der Waals surface area contributed by atoms with E-state index in [-0.39, 0.29) is 28.2 Å². The zero-order chi connectivity index (χ0) is 21.5. The zero-order valence-corrected chi connectivity index (χ0v) is 16.3. The highest BCUT2D eigenvalue weighted by Gasteiger charge is 2.25. The smallest absolute Gasteiger partial charge is 0.407 e. The Morgan fingerprint density at radius 1 is 1.27 bits per heavy atom. The van der Waals surface area contributed by atoms with Gasteiger partial charge in [-0.05, 0) is 18.2 Å². The van der Waals surface area contributed by atoms with Gasteiger partial charge in [-0.25, -0.2) is 37.4 Å². The number of rotatable bonds is 4. The lowest BCUT2D eigenvalue weighted by atomic mass is 10.1. The number of piperidine rings is 1. The van der Waals surface area contributed by atoms with Crippen LogP contribution in [0.15, 0.2) is 35.6 Å². The first kappa shape index (κ1) is 20.0. The number of ether oxygens (including phenoxy) is 1. The zero-order valence-electron chi connectivity index (χ0n) is 15.5. The van der Waals surface area contributed by atoms with E-state index >= 15 is 0 Å². The van der Waals surface area contributed by atoms with E-state index in [0.717, 1.165) is 6.07 Å². The van der Waals surface area contributed by atoms with Crippen LogP contribution in [-0.2, 0) is 10.0 Å². The van der Waals surface area contributed by atoms with Gasteiger partial charge in [0.05, 0.1) is 11.1 Å². The van der Waals surface area contributed by atoms with Gasteiger partial charge in [-0.3, -0.25) is 0 Å². The number of likely N-dealkylation sites (tertiary alicyclic amines) is 1. The number of aromatic nitrogens is 4. The first-order valence-electron chi connectivity index (χ1n) is 8.90. The number of nitrogens with zero attached hydrogens (tertiary/aromatic N) is 5. The number of primary sulfonamides is 1. The van der Waals surface area contributed by atoms with Crippen LogP contribution in [0.3, 0.4) is 0 Å². The summed E-state index contributed by atoms with van der Waals surface area (Å²) in [6, 6.07) is 3.23. The van der Waals surface area contributed by atoms with Crippen LogP contribution in [0.2, 0.25) is 0 Å². The number of benzene rings is 1. The van der Waals surface area contributed by atoms with Gasteiger partial charge in [-0.1, -0.05) is 0 Å². The Bertz CT molecular complexity index is 1220. The molecule has 0 atom stereocenters. The second kappa shape index (κ2) is 7.50. The van der Waals surface area contributed by atoms with Crippen molar-refractivity contribution < 1.29 is 27.4 Å². The molecule has 1 amide bonds. The van der Waals surface area contributed by atoms with E-state index in [1.54, 1.807) is 0 Å². The molecule has 0 bridgehead atoms. The molecular formula is C17H17FN6O5S. The van der Waals surface area contributed by atoms with Crippen molar-refractivity contribution in [1.82, 2.24) is 24.6 Å². The highest BCUT2D eigenvalue weighted by atomic mass is 32.2. The highest BCUT2D eigenvalue weighted by Crippen LogP contribution is 2.27. The van der Waals surface area contributed by atoms with Crippen LogP contribution >= 0.6 is 0 Å². The van der Waals surface area contributed by atoms with Crippen LogP contribution in [0, 0.1) is 5.82 Å². The Kier molecular flexibility index (Phi) is 4.99. The fourth-order valence-electron chi connectivity index (χ4n) is 3.25. The van der Waals surface area contributed by atoms with E-state index in [1.807, 2.05) is 0 Å². The van der Waals surface area contributed by atoms with Gasteiger partial charge in [0.1, 0.15) is 29.3 Å². The summed E-state index contributed by atoms with van der Waals surface area (Å²) < 4.78 is 44.5. The Labute approximate surface area is 169 Å². The van der Waals surface area contributed by atoms with Crippen molar-refractivity contribution >= 4 is 27.1 Å². The van der Waals surface area contributed by atoms with Gasteiger partial charge in [0, 0.05) is 25.9 Å². The molecule has 30 heavy (non-hydrogen) atoms. The van der Waals surface area contributed by atoms with Crippen LogP contribution in [0.4, 0.5) is 9.18 Å². The largest absolute Gasteiger partial charge is 0.474 e. The molecule has 1 fully saturated rings. The summed E-state index contributed by atoms with van der Waals surface area (Å²) >= 11 is 0. The number of sulfonamides is 1. The minimum Gasteiger partial charge on any atom is -0.474 e. The highest BCUT2D eigenvalue weighted by molar-refractivity contribution is 7.89. The topological polar surface area (TPSA) is 154 Å². The molecule has 13 heteroatoms. The Morgan fingerprint density at radius 2 is 2.00 bits per heavy atom. The molecule has 1 aliphatic heterocycles. The molecular weight excluding hydrogens is 419 g/mol. The molecule has 0 saturated carbocycles. The normalized spacial score (nSPS) is 15.5. The average Bonchev–Trinajstić information content (AvgIpc) is 3.12. The maximum absolute atomic E-state index is 14.5. The molecule has 1 aromatic carbocycles. The van der Waals surface area contributed by atoms with Crippen molar-refractivity contribution in [2.24, 2.45) is 5.14 Å². The lowest BCUT2D eigenvalue weighted by Gasteiger charge is -2.29. The molecule has 0 spiro atoms. The third-order valence-corrected chi connectivity index (χ3v) is 5.71. The third kappa shape index (κ3) is 3.76. The van der Waals surface area contributed by atoms with Crippen molar-refractivity contribution in [1.29, 1.82) is 0 Å². The molecule has 158 valence electrons. The monoisotopic (exact) mass is 436 g/mol. The molecule has 11 nitrogen and oxygen atoms in total. The SMILES string of the molecule is NS(=O)(=O)c1ccc(-n2ncc3c(OC4CCN(C(=O)O)CC4)ncnc32)c(F)c1. The molecule has 3 N–H and O–H groups in total. The second-order valence-electron chi connectivity index (χ2n) is 6.72. The Morgan fingerprint density at radius 3 is 2.63 bits per heavy atom. The number of hydrogen-bond acceptors (Lipinski definition) is 7. The van der Waals surface area contributed by atoms with Crippen LogP contribution in [0.1, 0.15) is 12.8 Å². The van der Waals surface area contributed by atoms with Gasteiger partial charge in [0.2, 0.25) is 15.9 Å². The summed E-state index contributed by atoms with van der Waals surface area (Å²) in [5.41, 5.74) is 0.252. The summed E-state index contributed by atoms with van der Waals surface area (Å²) in [6.07, 6.45) is 2.50. The molecule has 1 saturated heterocycles. The van der Waals surface area contributed by atoms with E-state index < -0.39 is 21.9 Å². The molecule has 4 rings (SSSR count). The van der Waals surface area contributed by atoms with Crippen LogP contribution < -0.4 is 9.88 Å².